The summed E-state index contributed by atoms with van der Waals surface area (Å²) in [4.78, 5) is 42.6. The van der Waals surface area contributed by atoms with E-state index >= 15 is 0 Å². The molecular formula is C39H65O10P. The molecule has 0 saturated carbocycles. The smallest absolute Gasteiger partial charge is 0.462 e. The molecule has 0 saturated heterocycles. The number of carbonyl (C=O) groups is 2. The molecule has 11 heteroatoms. The molecule has 286 valence electrons. The van der Waals surface area contributed by atoms with Crippen LogP contribution in [0.25, 0.3) is 0 Å². The van der Waals surface area contributed by atoms with Crippen molar-refractivity contribution in [3.05, 3.63) is 72.9 Å². The van der Waals surface area contributed by atoms with E-state index in [1.54, 1.807) is 36.5 Å². The highest BCUT2D eigenvalue weighted by molar-refractivity contribution is 7.46. The number of phosphoric ester groups is 1. The normalized spacial score (nSPS) is 14.6. The number of carbonyl (C=O) groups excluding carboxylic acids is 2. The van der Waals surface area contributed by atoms with Gasteiger partial charge in [0.2, 0.25) is 0 Å². The van der Waals surface area contributed by atoms with Gasteiger partial charge >= 0.3 is 19.8 Å². The van der Waals surface area contributed by atoms with Crippen LogP contribution in [0.5, 0.6) is 0 Å². The summed E-state index contributed by atoms with van der Waals surface area (Å²) in [6.07, 6.45) is 35.6. The third-order valence-corrected chi connectivity index (χ3v) is 7.90. The Balaban J connectivity index is 4.27. The van der Waals surface area contributed by atoms with Gasteiger partial charge in [-0.2, -0.15) is 0 Å². The largest absolute Gasteiger partial charge is 0.469 e. The predicted molar refractivity (Wildman–Crippen MR) is 200 cm³/mol. The fourth-order valence-electron chi connectivity index (χ4n) is 4.63. The fourth-order valence-corrected chi connectivity index (χ4v) is 4.99. The highest BCUT2D eigenvalue weighted by Crippen LogP contribution is 2.35. The Bertz CT molecular complexity index is 1070. The first kappa shape index (κ1) is 47.4. The van der Waals surface area contributed by atoms with Gasteiger partial charge in [-0.15, -0.1) is 0 Å². The molecule has 0 aromatic heterocycles. The first-order chi connectivity index (χ1) is 24.1. The lowest BCUT2D eigenvalue weighted by atomic mass is 10.1. The summed E-state index contributed by atoms with van der Waals surface area (Å²) in [6.45, 7) is 3.31. The van der Waals surface area contributed by atoms with Crippen LogP contribution in [0, 0.1) is 0 Å². The zero-order valence-electron chi connectivity index (χ0n) is 30.5. The molecule has 0 aliphatic carbocycles. The van der Waals surface area contributed by atoms with Gasteiger partial charge in [0.1, 0.15) is 6.61 Å². The maximum atomic E-state index is 12.3. The summed E-state index contributed by atoms with van der Waals surface area (Å²) in [5, 5.41) is 19.9. The van der Waals surface area contributed by atoms with E-state index in [4.69, 9.17) is 19.3 Å². The second-order valence-corrected chi connectivity index (χ2v) is 13.5. The van der Waals surface area contributed by atoms with Crippen LogP contribution in [-0.4, -0.2) is 63.5 Å². The number of ether oxygens (including phenoxy) is 2. The lowest BCUT2D eigenvalue weighted by molar-refractivity contribution is -0.161. The van der Waals surface area contributed by atoms with Crippen LogP contribution < -0.4 is 0 Å². The SMILES string of the molecule is CC/C=C\C[C@H](O)/C=C/C=C\C=C\[C@H](O)C/C=C\C/C=C\CCC(=O)O[C@H](COC(=O)CCCCCCCCCCCCC)COP(=O)(O)O. The third kappa shape index (κ3) is 35.2. The molecule has 0 amide bonds. The van der Waals surface area contributed by atoms with E-state index in [-0.39, 0.29) is 19.4 Å². The van der Waals surface area contributed by atoms with Crippen LogP contribution >= 0.6 is 7.82 Å². The van der Waals surface area contributed by atoms with Crippen molar-refractivity contribution in [2.75, 3.05) is 13.2 Å². The van der Waals surface area contributed by atoms with Gasteiger partial charge in [0, 0.05) is 12.8 Å². The Labute approximate surface area is 301 Å². The summed E-state index contributed by atoms with van der Waals surface area (Å²) >= 11 is 0. The molecule has 0 aromatic carbocycles. The van der Waals surface area contributed by atoms with E-state index < -0.39 is 44.7 Å². The number of hydrogen-bond donors (Lipinski definition) is 4. The van der Waals surface area contributed by atoms with Gasteiger partial charge in [0.15, 0.2) is 6.10 Å². The second-order valence-electron chi connectivity index (χ2n) is 12.2. The average Bonchev–Trinajstić information content (AvgIpc) is 3.07. The highest BCUT2D eigenvalue weighted by Gasteiger charge is 2.22. The van der Waals surface area contributed by atoms with Crippen molar-refractivity contribution in [3.8, 4) is 0 Å². The summed E-state index contributed by atoms with van der Waals surface area (Å²) in [7, 11) is -4.80. The Kier molecular flexibility index (Phi) is 31.8. The molecule has 4 N–H and O–H groups in total. The molecule has 0 bridgehead atoms. The van der Waals surface area contributed by atoms with E-state index in [1.165, 1.54) is 44.9 Å². The van der Waals surface area contributed by atoms with E-state index in [0.29, 0.717) is 32.1 Å². The van der Waals surface area contributed by atoms with E-state index in [0.717, 1.165) is 25.7 Å². The monoisotopic (exact) mass is 724 g/mol. The van der Waals surface area contributed by atoms with Gasteiger partial charge in [0.05, 0.1) is 18.8 Å². The van der Waals surface area contributed by atoms with Crippen molar-refractivity contribution in [2.24, 2.45) is 0 Å². The standard InChI is InChI=1S/C39H65O10P/c1-3-5-7-8-9-10-11-12-13-17-25-31-38(42)47-33-37(34-48-50(44,45)46)49-39(43)32-26-18-15-14-16-22-28-36(41)30-24-20-19-23-29-35(40)27-21-6-4-2/h6,15-16,18-24,29-30,35-37,40-41H,3-5,7-14,17,25-28,31-34H2,1-2H3,(H2,44,45,46)/b18-15-,20-19-,21-6-,22-16-,29-23+,30-24+/t35-,36+,37+/m0/s1. The van der Waals surface area contributed by atoms with Crippen molar-refractivity contribution in [2.45, 2.75) is 148 Å². The summed E-state index contributed by atoms with van der Waals surface area (Å²) < 4.78 is 26.1. The highest BCUT2D eigenvalue weighted by atomic mass is 31.2. The quantitative estimate of drug-likeness (QED) is 0.0174. The van der Waals surface area contributed by atoms with Crippen molar-refractivity contribution in [1.82, 2.24) is 0 Å². The first-order valence-corrected chi connectivity index (χ1v) is 20.0. The number of phosphoric acid groups is 1. The van der Waals surface area contributed by atoms with Gasteiger partial charge in [0.25, 0.3) is 0 Å². The molecule has 0 rings (SSSR count). The van der Waals surface area contributed by atoms with Crippen molar-refractivity contribution >= 4 is 19.8 Å². The molecule has 0 aliphatic rings. The molecule has 0 radical (unpaired) electrons. The third-order valence-electron chi connectivity index (χ3n) is 7.42. The number of allylic oxidation sites excluding steroid dienone is 8. The predicted octanol–water partition coefficient (Wildman–Crippen LogP) is 8.67. The Morgan fingerprint density at radius 3 is 1.74 bits per heavy atom. The second kappa shape index (κ2) is 33.5. The molecule has 0 heterocycles. The maximum absolute atomic E-state index is 12.3. The van der Waals surface area contributed by atoms with Gasteiger partial charge in [-0.1, -0.05) is 151 Å². The van der Waals surface area contributed by atoms with Gasteiger partial charge in [-0.3, -0.25) is 14.1 Å². The van der Waals surface area contributed by atoms with E-state index in [1.807, 2.05) is 43.4 Å². The van der Waals surface area contributed by atoms with E-state index in [2.05, 4.69) is 11.4 Å². The molecule has 0 aromatic rings. The summed E-state index contributed by atoms with van der Waals surface area (Å²) in [5.41, 5.74) is 0. The van der Waals surface area contributed by atoms with E-state index in [9.17, 15) is 24.4 Å². The lowest BCUT2D eigenvalue weighted by Crippen LogP contribution is -2.29. The Hall–Kier alpha value is -2.59. The number of esters is 2. The van der Waals surface area contributed by atoms with Crippen LogP contribution in [0.4, 0.5) is 0 Å². The lowest BCUT2D eigenvalue weighted by Gasteiger charge is -2.18. The zero-order chi connectivity index (χ0) is 37.1. The molecule has 0 fully saturated rings. The fraction of sp³-hybridized carbons (Fsp3) is 0.641. The van der Waals surface area contributed by atoms with Crippen LogP contribution in [0.1, 0.15) is 129 Å². The number of hydrogen-bond acceptors (Lipinski definition) is 8. The topological polar surface area (TPSA) is 160 Å². The Morgan fingerprint density at radius 2 is 1.18 bits per heavy atom. The number of rotatable bonds is 32. The first-order valence-electron chi connectivity index (χ1n) is 18.4. The number of aliphatic hydroxyl groups excluding tert-OH is 2. The van der Waals surface area contributed by atoms with Gasteiger partial charge in [-0.25, -0.2) is 4.57 Å². The van der Waals surface area contributed by atoms with Gasteiger partial charge < -0.3 is 29.5 Å². The molecule has 3 atom stereocenters. The minimum Gasteiger partial charge on any atom is -0.462 e. The van der Waals surface area contributed by atoms with Gasteiger partial charge in [-0.05, 0) is 38.5 Å². The summed E-state index contributed by atoms with van der Waals surface area (Å²) in [5.74, 6) is -1.06. The zero-order valence-corrected chi connectivity index (χ0v) is 31.4. The molecular weight excluding hydrogens is 659 g/mol. The van der Waals surface area contributed by atoms with Crippen molar-refractivity contribution < 1.29 is 48.2 Å². The summed E-state index contributed by atoms with van der Waals surface area (Å²) in [6, 6.07) is 0. The number of aliphatic hydroxyl groups is 2. The minimum atomic E-state index is -4.80. The maximum Gasteiger partial charge on any atom is 0.469 e. The van der Waals surface area contributed by atoms with Crippen LogP contribution in [-0.2, 0) is 28.2 Å². The molecule has 0 spiro atoms. The Morgan fingerprint density at radius 1 is 0.640 bits per heavy atom. The molecule has 10 nitrogen and oxygen atoms in total. The van der Waals surface area contributed by atoms with Crippen molar-refractivity contribution in [1.29, 1.82) is 0 Å². The molecule has 0 unspecified atom stereocenters. The minimum absolute atomic E-state index is 0.0282. The number of unbranched alkanes of at least 4 members (excludes halogenated alkanes) is 10. The van der Waals surface area contributed by atoms with Crippen LogP contribution in [0.15, 0.2) is 72.9 Å². The molecule has 0 aliphatic heterocycles. The van der Waals surface area contributed by atoms with Crippen molar-refractivity contribution in [3.63, 3.8) is 0 Å². The average molecular weight is 725 g/mol. The molecule has 50 heavy (non-hydrogen) atoms. The van der Waals surface area contributed by atoms with Crippen LogP contribution in [0.2, 0.25) is 0 Å². The van der Waals surface area contributed by atoms with Crippen LogP contribution in [0.3, 0.4) is 0 Å².